The van der Waals surface area contributed by atoms with Gasteiger partial charge in [-0.25, -0.2) is 9.98 Å². The Balaban J connectivity index is 1.99. The van der Waals surface area contributed by atoms with E-state index in [1.54, 1.807) is 6.20 Å². The van der Waals surface area contributed by atoms with Crippen molar-refractivity contribution in [2.45, 2.75) is 52.5 Å². The van der Waals surface area contributed by atoms with Crippen molar-refractivity contribution < 1.29 is 13.9 Å². The highest BCUT2D eigenvalue weighted by Gasteiger charge is 2.27. The van der Waals surface area contributed by atoms with Crippen LogP contribution >= 0.6 is 0 Å². The molecule has 0 aromatic carbocycles. The first-order valence-corrected chi connectivity index (χ1v) is 8.91. The van der Waals surface area contributed by atoms with E-state index in [1.165, 1.54) is 7.11 Å². The topological polar surface area (TPSA) is 80.0 Å². The van der Waals surface area contributed by atoms with Gasteiger partial charge in [0.2, 0.25) is 5.89 Å². The van der Waals surface area contributed by atoms with Gasteiger partial charge in [0.05, 0.1) is 19.2 Å². The number of piperidine rings is 1. The number of aliphatic imine (C=N–C) groups is 1. The summed E-state index contributed by atoms with van der Waals surface area (Å²) < 4.78 is 10.6. The average molecular weight is 350 g/mol. The first-order valence-electron chi connectivity index (χ1n) is 8.91. The minimum atomic E-state index is -0.115. The number of esters is 1. The maximum Gasteiger partial charge on any atom is 0.308 e. The molecule has 1 aliphatic heterocycles. The highest BCUT2D eigenvalue weighted by atomic mass is 16.5. The van der Waals surface area contributed by atoms with Crippen LogP contribution in [0.2, 0.25) is 0 Å². The molecule has 2 rings (SSSR count). The second-order valence-electron chi connectivity index (χ2n) is 7.32. The van der Waals surface area contributed by atoms with Gasteiger partial charge < -0.3 is 19.4 Å². The van der Waals surface area contributed by atoms with Gasteiger partial charge in [-0.05, 0) is 19.8 Å². The van der Waals surface area contributed by atoms with Crippen molar-refractivity contribution >= 4 is 11.9 Å². The minimum Gasteiger partial charge on any atom is -0.469 e. The summed E-state index contributed by atoms with van der Waals surface area (Å²) in [5, 5.41) is 3.31. The molecular formula is C18H30N4O3. The van der Waals surface area contributed by atoms with Gasteiger partial charge in [0.25, 0.3) is 0 Å². The Morgan fingerprint density at radius 3 is 2.64 bits per heavy atom. The van der Waals surface area contributed by atoms with Crippen LogP contribution in [-0.4, -0.2) is 48.6 Å². The fourth-order valence-corrected chi connectivity index (χ4v) is 2.79. The van der Waals surface area contributed by atoms with Gasteiger partial charge in [-0.2, -0.15) is 0 Å². The zero-order valence-corrected chi connectivity index (χ0v) is 16.0. The van der Waals surface area contributed by atoms with Crippen molar-refractivity contribution in [3.63, 3.8) is 0 Å². The van der Waals surface area contributed by atoms with Crippen molar-refractivity contribution in [3.05, 3.63) is 17.8 Å². The summed E-state index contributed by atoms with van der Waals surface area (Å²) in [4.78, 5) is 22.8. The lowest BCUT2D eigenvalue weighted by Gasteiger charge is -2.33. The maximum absolute atomic E-state index is 11.7. The molecule has 0 saturated carbocycles. The van der Waals surface area contributed by atoms with E-state index in [0.717, 1.165) is 44.2 Å². The summed E-state index contributed by atoms with van der Waals surface area (Å²) >= 11 is 0. The van der Waals surface area contributed by atoms with Gasteiger partial charge in [-0.15, -0.1) is 0 Å². The van der Waals surface area contributed by atoms with Gasteiger partial charge in [0, 0.05) is 25.0 Å². The van der Waals surface area contributed by atoms with Crippen LogP contribution in [0.15, 0.2) is 15.6 Å². The van der Waals surface area contributed by atoms with Crippen LogP contribution in [0.3, 0.4) is 0 Å². The summed E-state index contributed by atoms with van der Waals surface area (Å²) in [5.41, 5.74) is -0.0603. The Bertz CT molecular complexity index is 596. The summed E-state index contributed by atoms with van der Waals surface area (Å²) in [7, 11) is 1.45. The van der Waals surface area contributed by atoms with Crippen molar-refractivity contribution in [2.24, 2.45) is 10.9 Å². The fraction of sp³-hybridized carbons (Fsp3) is 0.722. The standard InChI is InChI=1S/C18H30N4O3/c1-6-19-17(22-9-7-13(8-10-22)16(23)24-5)21-12-15-20-11-14(25-15)18(2,3)4/h11,13H,6-10,12H2,1-5H3,(H,19,21). The van der Waals surface area contributed by atoms with E-state index in [1.807, 2.05) is 6.92 Å². The first-order chi connectivity index (χ1) is 11.8. The number of aromatic nitrogens is 1. The number of carbonyl (C=O) groups excluding carboxylic acids is 1. The summed E-state index contributed by atoms with van der Waals surface area (Å²) in [6, 6.07) is 0. The van der Waals surface area contributed by atoms with Crippen molar-refractivity contribution in [1.82, 2.24) is 15.2 Å². The predicted octanol–water partition coefficient (Wildman–Crippen LogP) is 2.32. The lowest BCUT2D eigenvalue weighted by Crippen LogP contribution is -2.46. The van der Waals surface area contributed by atoms with E-state index in [2.05, 4.69) is 41.0 Å². The Labute approximate surface area is 149 Å². The van der Waals surface area contributed by atoms with E-state index in [4.69, 9.17) is 9.15 Å². The van der Waals surface area contributed by atoms with Crippen molar-refractivity contribution in [2.75, 3.05) is 26.7 Å². The van der Waals surface area contributed by atoms with Crippen LogP contribution in [0.25, 0.3) is 0 Å². The first kappa shape index (κ1) is 19.3. The number of carbonyl (C=O) groups is 1. The third-order valence-corrected chi connectivity index (χ3v) is 4.32. The molecule has 1 aliphatic rings. The fourth-order valence-electron chi connectivity index (χ4n) is 2.79. The summed E-state index contributed by atoms with van der Waals surface area (Å²) in [6.07, 6.45) is 3.34. The highest BCUT2D eigenvalue weighted by molar-refractivity contribution is 5.80. The highest BCUT2D eigenvalue weighted by Crippen LogP contribution is 2.23. The molecule has 0 atom stereocenters. The molecule has 1 aromatic rings. The lowest BCUT2D eigenvalue weighted by atomic mass is 9.94. The van der Waals surface area contributed by atoms with Crippen LogP contribution < -0.4 is 5.32 Å². The number of nitrogens with one attached hydrogen (secondary N) is 1. The van der Waals surface area contributed by atoms with Crippen LogP contribution in [-0.2, 0) is 21.5 Å². The molecule has 0 unspecified atom stereocenters. The number of hydrogen-bond donors (Lipinski definition) is 1. The Hall–Kier alpha value is -2.05. The van der Waals surface area contributed by atoms with Crippen LogP contribution in [0.4, 0.5) is 0 Å². The Kier molecular flexibility index (Phi) is 6.45. The van der Waals surface area contributed by atoms with Crippen molar-refractivity contribution in [1.29, 1.82) is 0 Å². The molecule has 1 aromatic heterocycles. The minimum absolute atomic E-state index is 0.00906. The number of hydrogen-bond acceptors (Lipinski definition) is 5. The second kappa shape index (κ2) is 8.36. The number of oxazole rings is 1. The number of ether oxygens (including phenoxy) is 1. The van der Waals surface area contributed by atoms with Crippen LogP contribution in [0, 0.1) is 5.92 Å². The maximum atomic E-state index is 11.7. The molecule has 0 spiro atoms. The van der Waals surface area contributed by atoms with Gasteiger partial charge >= 0.3 is 5.97 Å². The molecule has 25 heavy (non-hydrogen) atoms. The van der Waals surface area contributed by atoms with Gasteiger partial charge in [0.1, 0.15) is 12.3 Å². The van der Waals surface area contributed by atoms with Gasteiger partial charge in [-0.1, -0.05) is 20.8 Å². The predicted molar refractivity (Wildman–Crippen MR) is 96.3 cm³/mol. The van der Waals surface area contributed by atoms with E-state index in [-0.39, 0.29) is 17.3 Å². The molecule has 140 valence electrons. The molecule has 1 N–H and O–H groups in total. The second-order valence-corrected chi connectivity index (χ2v) is 7.32. The van der Waals surface area contributed by atoms with Gasteiger partial charge in [-0.3, -0.25) is 4.79 Å². The molecule has 0 aliphatic carbocycles. The number of rotatable bonds is 4. The smallest absolute Gasteiger partial charge is 0.308 e. The van der Waals surface area contributed by atoms with Crippen LogP contribution in [0.5, 0.6) is 0 Å². The van der Waals surface area contributed by atoms with E-state index < -0.39 is 0 Å². The summed E-state index contributed by atoms with van der Waals surface area (Å²) in [5.74, 6) is 2.19. The molecule has 1 fully saturated rings. The third-order valence-electron chi connectivity index (χ3n) is 4.32. The molecule has 7 nitrogen and oxygen atoms in total. The number of methoxy groups -OCH3 is 1. The number of nitrogens with zero attached hydrogens (tertiary/aromatic N) is 3. The molecular weight excluding hydrogens is 320 g/mol. The monoisotopic (exact) mass is 350 g/mol. The zero-order chi connectivity index (χ0) is 18.4. The van der Waals surface area contributed by atoms with Crippen molar-refractivity contribution in [3.8, 4) is 0 Å². The lowest BCUT2D eigenvalue weighted by molar-refractivity contribution is -0.146. The van der Waals surface area contributed by atoms with E-state index >= 15 is 0 Å². The molecule has 2 heterocycles. The average Bonchev–Trinajstić information content (AvgIpc) is 3.07. The quantitative estimate of drug-likeness (QED) is 0.510. The van der Waals surface area contributed by atoms with E-state index in [9.17, 15) is 4.79 Å². The molecule has 7 heteroatoms. The Morgan fingerprint density at radius 1 is 1.44 bits per heavy atom. The van der Waals surface area contributed by atoms with E-state index in [0.29, 0.717) is 12.4 Å². The van der Waals surface area contributed by atoms with Crippen LogP contribution in [0.1, 0.15) is 52.2 Å². The van der Waals surface area contributed by atoms with Gasteiger partial charge in [0.15, 0.2) is 5.96 Å². The summed E-state index contributed by atoms with van der Waals surface area (Å²) in [6.45, 7) is 11.1. The number of likely N-dealkylation sites (tertiary alicyclic amines) is 1. The molecule has 0 radical (unpaired) electrons. The molecule has 0 bridgehead atoms. The normalized spacial score (nSPS) is 16.8. The SMILES string of the molecule is CCNC(=NCc1ncc(C(C)(C)C)o1)N1CCC(C(=O)OC)CC1. The third kappa shape index (κ3) is 5.21. The largest absolute Gasteiger partial charge is 0.469 e. The molecule has 0 amide bonds. The molecule has 1 saturated heterocycles. The Morgan fingerprint density at radius 2 is 2.12 bits per heavy atom. The zero-order valence-electron chi connectivity index (χ0n) is 16.0. The number of guanidine groups is 1.